The molecule has 1 unspecified atom stereocenters. The van der Waals surface area contributed by atoms with Crippen molar-refractivity contribution < 1.29 is 9.18 Å². The van der Waals surface area contributed by atoms with Gasteiger partial charge in [0.25, 0.3) is 5.91 Å². The highest BCUT2D eigenvalue weighted by Crippen LogP contribution is 2.31. The Morgan fingerprint density at radius 1 is 1.32 bits per heavy atom. The van der Waals surface area contributed by atoms with Gasteiger partial charge in [-0.25, -0.2) is 14.1 Å². The lowest BCUT2D eigenvalue weighted by atomic mass is 9.99. The van der Waals surface area contributed by atoms with Crippen molar-refractivity contribution in [2.45, 2.75) is 31.5 Å². The molecule has 0 N–H and O–H groups in total. The molecule has 1 saturated heterocycles. The Balaban J connectivity index is 1.58. The van der Waals surface area contributed by atoms with Crippen molar-refractivity contribution >= 4 is 5.91 Å². The van der Waals surface area contributed by atoms with Crippen LogP contribution in [0.4, 0.5) is 4.39 Å². The third-order valence-electron chi connectivity index (χ3n) is 4.34. The number of alkyl halides is 1. The van der Waals surface area contributed by atoms with Crippen LogP contribution in [0.15, 0.2) is 30.3 Å². The van der Waals surface area contributed by atoms with Gasteiger partial charge in [-0.05, 0) is 18.9 Å². The summed E-state index contributed by atoms with van der Waals surface area (Å²) in [6.45, 7) is 1.75. The molecule has 6 heteroatoms. The fourth-order valence-corrected chi connectivity index (χ4v) is 3.27. The summed E-state index contributed by atoms with van der Waals surface area (Å²) in [4.78, 5) is 18.1. The van der Waals surface area contributed by atoms with E-state index in [2.05, 4.69) is 22.2 Å². The van der Waals surface area contributed by atoms with Crippen LogP contribution in [0.3, 0.4) is 0 Å². The van der Waals surface area contributed by atoms with Crippen LogP contribution >= 0.6 is 0 Å². The third-order valence-corrected chi connectivity index (χ3v) is 4.34. The number of rotatable bonds is 2. The average molecular weight is 300 g/mol. The number of amides is 1. The first kappa shape index (κ1) is 13.4. The van der Waals surface area contributed by atoms with Gasteiger partial charge in [-0.1, -0.05) is 30.3 Å². The lowest BCUT2D eigenvalue weighted by Crippen LogP contribution is -2.59. The molecular weight excluding hydrogens is 283 g/mol. The normalized spacial score (nSPS) is 22.3. The van der Waals surface area contributed by atoms with E-state index in [4.69, 9.17) is 0 Å². The van der Waals surface area contributed by atoms with Crippen LogP contribution < -0.4 is 0 Å². The number of aryl methyl sites for hydroxylation is 1. The number of aromatic nitrogens is 3. The fraction of sp³-hybridized carbons (Fsp3) is 0.438. The molecule has 0 aliphatic carbocycles. The first-order chi connectivity index (χ1) is 10.5. The van der Waals surface area contributed by atoms with Gasteiger partial charge < -0.3 is 4.90 Å². The van der Waals surface area contributed by atoms with Gasteiger partial charge in [-0.15, -0.1) is 5.10 Å². The highest BCUT2D eigenvalue weighted by molar-refractivity contribution is 5.91. The van der Waals surface area contributed by atoms with Gasteiger partial charge in [0.1, 0.15) is 11.5 Å². The average Bonchev–Trinajstić information content (AvgIpc) is 3.04. The maximum Gasteiger partial charge on any atom is 0.293 e. The molecule has 22 heavy (non-hydrogen) atoms. The minimum atomic E-state index is -1.27. The number of likely N-dealkylation sites (tertiary alicyclic amines) is 1. The van der Waals surface area contributed by atoms with Crippen molar-refractivity contribution in [3.05, 3.63) is 47.5 Å². The van der Waals surface area contributed by atoms with E-state index in [1.54, 1.807) is 0 Å². The van der Waals surface area contributed by atoms with E-state index in [1.807, 2.05) is 22.9 Å². The molecule has 1 fully saturated rings. The number of fused-ring (bicyclic) bond motifs is 1. The van der Waals surface area contributed by atoms with Crippen molar-refractivity contribution in [2.24, 2.45) is 0 Å². The summed E-state index contributed by atoms with van der Waals surface area (Å²) in [5.41, 5.74) is -0.101. The molecule has 4 rings (SSSR count). The molecule has 2 aromatic rings. The van der Waals surface area contributed by atoms with E-state index in [-0.39, 0.29) is 30.9 Å². The molecule has 1 atom stereocenters. The second kappa shape index (κ2) is 4.63. The fourth-order valence-electron chi connectivity index (χ4n) is 3.27. The monoisotopic (exact) mass is 300 g/mol. The predicted octanol–water partition coefficient (Wildman–Crippen LogP) is 2.00. The zero-order valence-corrected chi connectivity index (χ0v) is 12.4. The number of carbonyl (C=O) groups is 1. The number of nitrogens with zero attached hydrogens (tertiary/aromatic N) is 4. The molecule has 114 valence electrons. The van der Waals surface area contributed by atoms with Gasteiger partial charge in [0.05, 0.1) is 19.1 Å². The maximum absolute atomic E-state index is 13.5. The topological polar surface area (TPSA) is 51.0 Å². The standard InChI is InChI=1S/C16H17FN4O/c1-16(17)9-20(10-16)15(22)14-18-13-8-7-12(21(13)19-14)11-5-3-2-4-6-11/h2-6,12H,7-10H2,1H3. The number of hydrogen-bond acceptors (Lipinski definition) is 3. The Labute approximate surface area is 127 Å². The minimum absolute atomic E-state index is 0.123. The molecule has 2 aliphatic rings. The highest BCUT2D eigenvalue weighted by atomic mass is 19.1. The van der Waals surface area contributed by atoms with Gasteiger partial charge >= 0.3 is 0 Å². The second-order valence-electron chi connectivity index (χ2n) is 6.34. The van der Waals surface area contributed by atoms with Crippen molar-refractivity contribution in [1.82, 2.24) is 19.7 Å². The van der Waals surface area contributed by atoms with Gasteiger partial charge in [0.15, 0.2) is 0 Å². The summed E-state index contributed by atoms with van der Waals surface area (Å²) < 4.78 is 15.4. The van der Waals surface area contributed by atoms with Crippen molar-refractivity contribution in [3.63, 3.8) is 0 Å². The number of hydrogen-bond donors (Lipinski definition) is 0. The van der Waals surface area contributed by atoms with Gasteiger partial charge in [-0.3, -0.25) is 4.79 Å². The van der Waals surface area contributed by atoms with Gasteiger partial charge in [0, 0.05) is 6.42 Å². The van der Waals surface area contributed by atoms with Gasteiger partial charge in [0.2, 0.25) is 5.82 Å². The van der Waals surface area contributed by atoms with Crippen LogP contribution in [-0.4, -0.2) is 44.3 Å². The lowest BCUT2D eigenvalue weighted by Gasteiger charge is -2.41. The quantitative estimate of drug-likeness (QED) is 0.852. The van der Waals surface area contributed by atoms with Crippen LogP contribution in [0.25, 0.3) is 0 Å². The molecular formula is C16H17FN4O. The smallest absolute Gasteiger partial charge is 0.293 e. The molecule has 0 bridgehead atoms. The summed E-state index contributed by atoms with van der Waals surface area (Å²) in [5.74, 6) is 0.746. The van der Waals surface area contributed by atoms with Crippen LogP contribution in [-0.2, 0) is 6.42 Å². The van der Waals surface area contributed by atoms with Crippen molar-refractivity contribution in [3.8, 4) is 0 Å². The Morgan fingerprint density at radius 3 is 2.73 bits per heavy atom. The molecule has 0 spiro atoms. The Morgan fingerprint density at radius 2 is 2.05 bits per heavy atom. The zero-order valence-electron chi connectivity index (χ0n) is 12.4. The van der Waals surface area contributed by atoms with Crippen LogP contribution in [0.1, 0.15) is 41.4 Å². The molecule has 1 aromatic carbocycles. The van der Waals surface area contributed by atoms with E-state index in [0.29, 0.717) is 0 Å². The van der Waals surface area contributed by atoms with Crippen LogP contribution in [0.5, 0.6) is 0 Å². The van der Waals surface area contributed by atoms with E-state index in [1.165, 1.54) is 17.4 Å². The summed E-state index contributed by atoms with van der Waals surface area (Å²) in [5, 5.41) is 4.39. The highest BCUT2D eigenvalue weighted by Gasteiger charge is 2.43. The van der Waals surface area contributed by atoms with E-state index in [0.717, 1.165) is 18.7 Å². The largest absolute Gasteiger partial charge is 0.329 e. The van der Waals surface area contributed by atoms with E-state index < -0.39 is 5.67 Å². The Hall–Kier alpha value is -2.24. The van der Waals surface area contributed by atoms with Gasteiger partial charge in [-0.2, -0.15) is 0 Å². The lowest BCUT2D eigenvalue weighted by molar-refractivity contribution is -0.00866. The first-order valence-corrected chi connectivity index (χ1v) is 7.52. The second-order valence-corrected chi connectivity index (χ2v) is 6.34. The molecule has 1 aromatic heterocycles. The number of carbonyl (C=O) groups excluding carboxylic acids is 1. The molecule has 1 amide bonds. The third kappa shape index (κ3) is 2.10. The van der Waals surface area contributed by atoms with Crippen molar-refractivity contribution in [2.75, 3.05) is 13.1 Å². The molecule has 5 nitrogen and oxygen atoms in total. The Bertz CT molecular complexity index is 717. The molecule has 0 saturated carbocycles. The summed E-state index contributed by atoms with van der Waals surface area (Å²) >= 11 is 0. The predicted molar refractivity (Wildman–Crippen MR) is 78.3 cm³/mol. The van der Waals surface area contributed by atoms with Crippen LogP contribution in [0.2, 0.25) is 0 Å². The molecule has 0 radical (unpaired) electrons. The number of benzene rings is 1. The van der Waals surface area contributed by atoms with E-state index in [9.17, 15) is 9.18 Å². The summed E-state index contributed by atoms with van der Waals surface area (Å²) in [7, 11) is 0. The van der Waals surface area contributed by atoms with Crippen molar-refractivity contribution in [1.29, 1.82) is 0 Å². The number of halogens is 1. The minimum Gasteiger partial charge on any atom is -0.329 e. The molecule has 3 heterocycles. The summed E-state index contributed by atoms with van der Waals surface area (Å²) in [6, 6.07) is 10.2. The summed E-state index contributed by atoms with van der Waals surface area (Å²) in [6.07, 6.45) is 1.75. The van der Waals surface area contributed by atoms with E-state index >= 15 is 0 Å². The SMILES string of the molecule is CC1(F)CN(C(=O)c2nc3n(n2)C(c2ccccc2)CC3)C1. The zero-order chi connectivity index (χ0) is 15.3. The first-order valence-electron chi connectivity index (χ1n) is 7.52. The Kier molecular flexibility index (Phi) is 2.82. The molecule has 2 aliphatic heterocycles. The maximum atomic E-state index is 13.5. The van der Waals surface area contributed by atoms with Crippen LogP contribution in [0, 0.1) is 0 Å².